The lowest BCUT2D eigenvalue weighted by molar-refractivity contribution is -0.230. The van der Waals surface area contributed by atoms with Crippen LogP contribution in [0.4, 0.5) is 0 Å². The Kier molecular flexibility index (Phi) is 2.60. The number of hydrogen-bond acceptors (Lipinski definition) is 3. The van der Waals surface area contributed by atoms with Gasteiger partial charge in [-0.2, -0.15) is 0 Å². The van der Waals surface area contributed by atoms with Crippen LogP contribution in [0.3, 0.4) is 0 Å². The fourth-order valence-electron chi connectivity index (χ4n) is 3.40. The van der Waals surface area contributed by atoms with E-state index >= 15 is 0 Å². The number of carbonyl (C=O) groups excluding carboxylic acids is 1. The third kappa shape index (κ3) is 1.25. The molecular formula is C15H20O3. The van der Waals surface area contributed by atoms with Crippen molar-refractivity contribution in [2.45, 2.75) is 33.3 Å². The largest absolute Gasteiger partial charge is 0.497 e. The highest BCUT2D eigenvalue weighted by molar-refractivity contribution is 5.99. The first-order valence-corrected chi connectivity index (χ1v) is 6.11. The summed E-state index contributed by atoms with van der Waals surface area (Å²) in [5.41, 5.74) is -1.98. The molecule has 0 amide bonds. The van der Waals surface area contributed by atoms with Crippen molar-refractivity contribution in [2.75, 3.05) is 7.11 Å². The van der Waals surface area contributed by atoms with Gasteiger partial charge in [0.1, 0.15) is 11.4 Å². The van der Waals surface area contributed by atoms with Gasteiger partial charge < -0.3 is 9.84 Å². The second kappa shape index (κ2) is 3.58. The SMILES string of the molecule is COc1cccc(C2(O)C(C)(C)C(=O)C2(C)C)c1. The summed E-state index contributed by atoms with van der Waals surface area (Å²) in [5, 5.41) is 11.1. The van der Waals surface area contributed by atoms with E-state index in [1.54, 1.807) is 40.9 Å². The Balaban J connectivity index is 2.57. The maximum absolute atomic E-state index is 12.2. The molecule has 3 nitrogen and oxygen atoms in total. The summed E-state index contributed by atoms with van der Waals surface area (Å²) in [7, 11) is 1.59. The van der Waals surface area contributed by atoms with Gasteiger partial charge in [-0.15, -0.1) is 0 Å². The second-order valence-electron chi connectivity index (χ2n) is 6.02. The molecule has 0 atom stereocenters. The van der Waals surface area contributed by atoms with Gasteiger partial charge in [0.15, 0.2) is 5.78 Å². The zero-order chi connectivity index (χ0) is 13.8. The van der Waals surface area contributed by atoms with E-state index in [0.29, 0.717) is 5.75 Å². The number of aliphatic hydroxyl groups is 1. The maximum Gasteiger partial charge on any atom is 0.150 e. The Morgan fingerprint density at radius 2 is 1.67 bits per heavy atom. The van der Waals surface area contributed by atoms with Crippen LogP contribution in [-0.4, -0.2) is 18.0 Å². The van der Waals surface area contributed by atoms with E-state index in [1.165, 1.54) is 0 Å². The highest BCUT2D eigenvalue weighted by atomic mass is 16.5. The van der Waals surface area contributed by atoms with Crippen LogP contribution < -0.4 is 4.74 Å². The van der Waals surface area contributed by atoms with E-state index in [0.717, 1.165) is 5.56 Å². The van der Waals surface area contributed by atoms with Crippen molar-refractivity contribution in [1.29, 1.82) is 0 Å². The van der Waals surface area contributed by atoms with Gasteiger partial charge in [0.05, 0.1) is 17.9 Å². The fraction of sp³-hybridized carbons (Fsp3) is 0.533. The number of rotatable bonds is 2. The Labute approximate surface area is 108 Å². The molecule has 0 heterocycles. The molecule has 1 aromatic carbocycles. The molecule has 98 valence electrons. The number of carbonyl (C=O) groups is 1. The van der Waals surface area contributed by atoms with Gasteiger partial charge in [-0.25, -0.2) is 0 Å². The van der Waals surface area contributed by atoms with E-state index in [4.69, 9.17) is 4.74 Å². The van der Waals surface area contributed by atoms with E-state index in [-0.39, 0.29) is 5.78 Å². The first kappa shape index (κ1) is 13.1. The monoisotopic (exact) mass is 248 g/mol. The highest BCUT2D eigenvalue weighted by Gasteiger charge is 2.72. The van der Waals surface area contributed by atoms with Gasteiger partial charge >= 0.3 is 0 Å². The van der Waals surface area contributed by atoms with Crippen LogP contribution >= 0.6 is 0 Å². The van der Waals surface area contributed by atoms with Gasteiger partial charge in [-0.3, -0.25) is 4.79 Å². The zero-order valence-corrected chi connectivity index (χ0v) is 11.6. The predicted octanol–water partition coefficient (Wildman–Crippen LogP) is 2.52. The molecule has 1 aromatic rings. The summed E-state index contributed by atoms with van der Waals surface area (Å²) in [6.07, 6.45) is 0. The van der Waals surface area contributed by atoms with Crippen LogP contribution in [0.25, 0.3) is 0 Å². The minimum atomic E-state index is -1.16. The normalized spacial score (nSPS) is 23.3. The van der Waals surface area contributed by atoms with Crippen molar-refractivity contribution >= 4 is 5.78 Å². The fourth-order valence-corrected chi connectivity index (χ4v) is 3.40. The topological polar surface area (TPSA) is 46.5 Å². The second-order valence-corrected chi connectivity index (χ2v) is 6.02. The van der Waals surface area contributed by atoms with Crippen LogP contribution in [0, 0.1) is 10.8 Å². The minimum Gasteiger partial charge on any atom is -0.497 e. The molecule has 3 heteroatoms. The summed E-state index contributed by atoms with van der Waals surface area (Å²) in [5.74, 6) is 0.771. The molecule has 0 saturated heterocycles. The molecule has 1 aliphatic rings. The molecule has 1 aliphatic carbocycles. The highest BCUT2D eigenvalue weighted by Crippen LogP contribution is 2.64. The van der Waals surface area contributed by atoms with Crippen molar-refractivity contribution < 1.29 is 14.6 Å². The molecule has 0 radical (unpaired) electrons. The Morgan fingerprint density at radius 3 is 2.17 bits per heavy atom. The third-order valence-electron chi connectivity index (χ3n) is 4.43. The van der Waals surface area contributed by atoms with Crippen molar-refractivity contribution in [1.82, 2.24) is 0 Å². The molecule has 0 unspecified atom stereocenters. The molecule has 0 bridgehead atoms. The van der Waals surface area contributed by atoms with Crippen molar-refractivity contribution in [3.63, 3.8) is 0 Å². The van der Waals surface area contributed by atoms with Gasteiger partial charge in [-0.05, 0) is 45.4 Å². The molecule has 1 N–H and O–H groups in total. The van der Waals surface area contributed by atoms with E-state index in [2.05, 4.69) is 0 Å². The molecule has 18 heavy (non-hydrogen) atoms. The van der Waals surface area contributed by atoms with Gasteiger partial charge in [0, 0.05) is 0 Å². The molecule has 0 aliphatic heterocycles. The van der Waals surface area contributed by atoms with E-state index in [1.807, 2.05) is 18.2 Å². The van der Waals surface area contributed by atoms with Crippen molar-refractivity contribution in [3.8, 4) is 5.75 Å². The quantitative estimate of drug-likeness (QED) is 0.874. The summed E-state index contributed by atoms with van der Waals surface area (Å²) >= 11 is 0. The summed E-state index contributed by atoms with van der Waals surface area (Å²) in [6.45, 7) is 7.17. The number of ketones is 1. The molecule has 1 saturated carbocycles. The van der Waals surface area contributed by atoms with Crippen LogP contribution in [0.15, 0.2) is 24.3 Å². The summed E-state index contributed by atoms with van der Waals surface area (Å²) < 4.78 is 5.19. The molecule has 2 rings (SSSR count). The van der Waals surface area contributed by atoms with Crippen LogP contribution in [0.5, 0.6) is 5.75 Å². The third-order valence-corrected chi connectivity index (χ3v) is 4.43. The number of hydrogen-bond donors (Lipinski definition) is 1. The lowest BCUT2D eigenvalue weighted by atomic mass is 9.42. The molecule has 1 fully saturated rings. The Hall–Kier alpha value is -1.35. The lowest BCUT2D eigenvalue weighted by Crippen LogP contribution is -2.71. The van der Waals surface area contributed by atoms with Crippen molar-refractivity contribution in [3.05, 3.63) is 29.8 Å². The van der Waals surface area contributed by atoms with Gasteiger partial charge in [0.25, 0.3) is 0 Å². The molecular weight excluding hydrogens is 228 g/mol. The Bertz CT molecular complexity index is 482. The van der Waals surface area contributed by atoms with Crippen LogP contribution in [0.1, 0.15) is 33.3 Å². The number of benzene rings is 1. The van der Waals surface area contributed by atoms with Gasteiger partial charge in [-0.1, -0.05) is 12.1 Å². The van der Waals surface area contributed by atoms with Crippen LogP contribution in [0.2, 0.25) is 0 Å². The summed E-state index contributed by atoms with van der Waals surface area (Å²) in [6, 6.07) is 7.31. The van der Waals surface area contributed by atoms with Crippen LogP contribution in [-0.2, 0) is 10.4 Å². The number of ether oxygens (including phenoxy) is 1. The first-order chi connectivity index (χ1) is 8.19. The first-order valence-electron chi connectivity index (χ1n) is 6.11. The Morgan fingerprint density at radius 1 is 1.11 bits per heavy atom. The van der Waals surface area contributed by atoms with E-state index in [9.17, 15) is 9.90 Å². The average molecular weight is 248 g/mol. The maximum atomic E-state index is 12.2. The van der Waals surface area contributed by atoms with Crippen molar-refractivity contribution in [2.24, 2.45) is 10.8 Å². The lowest BCUT2D eigenvalue weighted by Gasteiger charge is -2.62. The van der Waals surface area contributed by atoms with Gasteiger partial charge in [0.2, 0.25) is 0 Å². The smallest absolute Gasteiger partial charge is 0.150 e. The number of Topliss-reactive ketones (excluding diaryl/α,β-unsaturated/α-hetero) is 1. The summed E-state index contributed by atoms with van der Waals surface area (Å²) in [4.78, 5) is 12.2. The number of methoxy groups -OCH3 is 1. The minimum absolute atomic E-state index is 0.0836. The van der Waals surface area contributed by atoms with E-state index < -0.39 is 16.4 Å². The average Bonchev–Trinajstić information content (AvgIpc) is 2.36. The standard InChI is InChI=1S/C15H20O3/c1-13(2)12(16)14(3,4)15(13,17)10-7-6-8-11(9-10)18-5/h6-9,17H,1-5H3. The zero-order valence-electron chi connectivity index (χ0n) is 11.6. The molecule has 0 aromatic heterocycles. The predicted molar refractivity (Wildman–Crippen MR) is 69.5 cm³/mol. The molecule has 0 spiro atoms.